The van der Waals surface area contributed by atoms with Gasteiger partial charge in [-0.3, -0.25) is 5.10 Å². The van der Waals surface area contributed by atoms with E-state index in [1.807, 2.05) is 0 Å². The van der Waals surface area contributed by atoms with Crippen molar-refractivity contribution in [3.63, 3.8) is 0 Å². The minimum atomic E-state index is 1.04. The first-order valence-electron chi connectivity index (χ1n) is 5.08. The van der Waals surface area contributed by atoms with Crippen LogP contribution < -0.4 is 0 Å². The fraction of sp³-hybridized carbons (Fsp3) is 0.250. The van der Waals surface area contributed by atoms with Gasteiger partial charge in [-0.05, 0) is 43.0 Å². The molecular weight excluding hydrogens is 252 g/mol. The third-order valence-corrected chi connectivity index (χ3v) is 3.48. The highest BCUT2D eigenvalue weighted by Gasteiger charge is 2.20. The number of benzene rings is 1. The second-order valence-electron chi connectivity index (χ2n) is 3.97. The SMILES string of the molecule is Cc1[nH]nc2c1-c1ccc(Br)cc1CC2. The summed E-state index contributed by atoms with van der Waals surface area (Å²) in [6.07, 6.45) is 2.13. The van der Waals surface area contributed by atoms with Crippen molar-refractivity contribution >= 4 is 15.9 Å². The van der Waals surface area contributed by atoms with Crippen molar-refractivity contribution in [1.29, 1.82) is 0 Å². The molecule has 2 aromatic rings. The number of nitrogens with one attached hydrogen (secondary N) is 1. The summed E-state index contributed by atoms with van der Waals surface area (Å²) >= 11 is 3.52. The molecule has 0 unspecified atom stereocenters. The molecule has 0 amide bonds. The predicted octanol–water partition coefficient (Wildman–Crippen LogP) is 3.25. The summed E-state index contributed by atoms with van der Waals surface area (Å²) in [5.74, 6) is 0. The Bertz CT molecular complexity index is 528. The highest BCUT2D eigenvalue weighted by Crippen LogP contribution is 2.35. The number of H-pyrrole nitrogens is 1. The van der Waals surface area contributed by atoms with E-state index in [0.29, 0.717) is 0 Å². The zero-order valence-electron chi connectivity index (χ0n) is 8.47. The Balaban J connectivity index is 2.29. The van der Waals surface area contributed by atoms with Crippen molar-refractivity contribution in [3.05, 3.63) is 39.6 Å². The second kappa shape index (κ2) is 3.20. The third kappa shape index (κ3) is 1.34. The third-order valence-electron chi connectivity index (χ3n) is 2.99. The van der Waals surface area contributed by atoms with Crippen LogP contribution in [0.15, 0.2) is 22.7 Å². The Morgan fingerprint density at radius 2 is 2.20 bits per heavy atom. The van der Waals surface area contributed by atoms with Crippen molar-refractivity contribution in [2.45, 2.75) is 19.8 Å². The minimum absolute atomic E-state index is 1.04. The molecule has 0 aliphatic heterocycles. The van der Waals surface area contributed by atoms with E-state index in [0.717, 1.165) is 17.3 Å². The Morgan fingerprint density at radius 3 is 3.07 bits per heavy atom. The first-order valence-corrected chi connectivity index (χ1v) is 5.87. The van der Waals surface area contributed by atoms with Crippen molar-refractivity contribution in [1.82, 2.24) is 10.2 Å². The highest BCUT2D eigenvalue weighted by molar-refractivity contribution is 9.10. The summed E-state index contributed by atoms with van der Waals surface area (Å²) in [5, 5.41) is 7.41. The molecule has 1 aromatic heterocycles. The number of aromatic nitrogens is 2. The van der Waals surface area contributed by atoms with E-state index in [1.165, 1.54) is 28.1 Å². The average molecular weight is 263 g/mol. The van der Waals surface area contributed by atoms with Gasteiger partial charge in [-0.15, -0.1) is 0 Å². The zero-order chi connectivity index (χ0) is 10.4. The number of hydrogen-bond acceptors (Lipinski definition) is 1. The molecule has 0 saturated carbocycles. The Kier molecular flexibility index (Phi) is 1.96. The van der Waals surface area contributed by atoms with Crippen molar-refractivity contribution in [2.75, 3.05) is 0 Å². The molecule has 0 bridgehead atoms. The molecule has 0 saturated heterocycles. The summed E-state index contributed by atoms with van der Waals surface area (Å²) in [6.45, 7) is 2.09. The van der Waals surface area contributed by atoms with E-state index in [2.05, 4.69) is 51.3 Å². The van der Waals surface area contributed by atoms with Crippen LogP contribution in [0.4, 0.5) is 0 Å². The van der Waals surface area contributed by atoms with Crippen LogP contribution in [0.25, 0.3) is 11.1 Å². The summed E-state index contributed by atoms with van der Waals surface area (Å²) in [6, 6.07) is 6.49. The van der Waals surface area contributed by atoms with Gasteiger partial charge in [0.25, 0.3) is 0 Å². The Hall–Kier alpha value is -1.09. The quantitative estimate of drug-likeness (QED) is 0.776. The maximum absolute atomic E-state index is 4.34. The lowest BCUT2D eigenvalue weighted by Gasteiger charge is -2.16. The van der Waals surface area contributed by atoms with Gasteiger partial charge < -0.3 is 0 Å². The maximum atomic E-state index is 4.34. The van der Waals surface area contributed by atoms with E-state index in [-0.39, 0.29) is 0 Å². The maximum Gasteiger partial charge on any atom is 0.0706 e. The largest absolute Gasteiger partial charge is 0.282 e. The first kappa shape index (κ1) is 9.16. The summed E-state index contributed by atoms with van der Waals surface area (Å²) in [5.41, 5.74) is 6.45. The van der Waals surface area contributed by atoms with Gasteiger partial charge in [-0.1, -0.05) is 22.0 Å². The molecule has 1 aliphatic rings. The molecule has 1 aliphatic carbocycles. The molecule has 3 rings (SSSR count). The van der Waals surface area contributed by atoms with Gasteiger partial charge >= 0.3 is 0 Å². The molecule has 1 aromatic carbocycles. The predicted molar refractivity (Wildman–Crippen MR) is 63.9 cm³/mol. The van der Waals surface area contributed by atoms with Crippen molar-refractivity contribution in [3.8, 4) is 11.1 Å². The standard InChI is InChI=1S/C12H11BrN2/c1-7-12-10-4-3-9(13)6-8(10)2-5-11(12)15-14-7/h3-4,6H,2,5H2,1H3,(H,14,15). The van der Waals surface area contributed by atoms with E-state index in [9.17, 15) is 0 Å². The average Bonchev–Trinajstić information content (AvgIpc) is 2.60. The van der Waals surface area contributed by atoms with Crippen LogP contribution in [0.5, 0.6) is 0 Å². The number of nitrogens with zero attached hydrogens (tertiary/aromatic N) is 1. The highest BCUT2D eigenvalue weighted by atomic mass is 79.9. The smallest absolute Gasteiger partial charge is 0.0706 e. The van der Waals surface area contributed by atoms with Gasteiger partial charge in [0.15, 0.2) is 0 Å². The van der Waals surface area contributed by atoms with Gasteiger partial charge in [-0.25, -0.2) is 0 Å². The van der Waals surface area contributed by atoms with E-state index in [4.69, 9.17) is 0 Å². The van der Waals surface area contributed by atoms with Gasteiger partial charge in [0, 0.05) is 15.7 Å². The zero-order valence-corrected chi connectivity index (χ0v) is 10.1. The summed E-state index contributed by atoms with van der Waals surface area (Å²) in [7, 11) is 0. The summed E-state index contributed by atoms with van der Waals surface area (Å²) < 4.78 is 1.16. The molecule has 15 heavy (non-hydrogen) atoms. The number of aryl methyl sites for hydroxylation is 3. The normalized spacial score (nSPS) is 13.5. The van der Waals surface area contributed by atoms with Crippen LogP contribution in [-0.4, -0.2) is 10.2 Å². The lowest BCUT2D eigenvalue weighted by atomic mass is 9.89. The van der Waals surface area contributed by atoms with Gasteiger partial charge in [-0.2, -0.15) is 5.10 Å². The molecule has 0 spiro atoms. The number of hydrogen-bond donors (Lipinski definition) is 1. The monoisotopic (exact) mass is 262 g/mol. The van der Waals surface area contributed by atoms with Crippen LogP contribution in [0.3, 0.4) is 0 Å². The Labute approximate surface area is 96.8 Å². The lowest BCUT2D eigenvalue weighted by Crippen LogP contribution is -2.03. The molecule has 76 valence electrons. The van der Waals surface area contributed by atoms with Gasteiger partial charge in [0.2, 0.25) is 0 Å². The van der Waals surface area contributed by atoms with E-state index >= 15 is 0 Å². The number of rotatable bonds is 0. The van der Waals surface area contributed by atoms with E-state index in [1.54, 1.807) is 0 Å². The molecule has 3 heteroatoms. The first-order chi connectivity index (χ1) is 7.25. The summed E-state index contributed by atoms with van der Waals surface area (Å²) in [4.78, 5) is 0. The molecule has 1 N–H and O–H groups in total. The van der Waals surface area contributed by atoms with Gasteiger partial charge in [0.1, 0.15) is 0 Å². The molecule has 0 radical (unpaired) electrons. The Morgan fingerprint density at radius 1 is 1.33 bits per heavy atom. The van der Waals surface area contributed by atoms with Crippen LogP contribution >= 0.6 is 15.9 Å². The molecule has 0 fully saturated rings. The number of halogens is 1. The molecular formula is C12H11BrN2. The van der Waals surface area contributed by atoms with Gasteiger partial charge in [0.05, 0.1) is 5.69 Å². The van der Waals surface area contributed by atoms with Crippen molar-refractivity contribution < 1.29 is 0 Å². The minimum Gasteiger partial charge on any atom is -0.282 e. The fourth-order valence-corrected chi connectivity index (χ4v) is 2.69. The van der Waals surface area contributed by atoms with Crippen LogP contribution in [-0.2, 0) is 12.8 Å². The van der Waals surface area contributed by atoms with E-state index < -0.39 is 0 Å². The molecule has 0 atom stereocenters. The fourth-order valence-electron chi connectivity index (χ4n) is 2.28. The second-order valence-corrected chi connectivity index (χ2v) is 4.89. The van der Waals surface area contributed by atoms with Crippen molar-refractivity contribution in [2.24, 2.45) is 0 Å². The number of aromatic amines is 1. The van der Waals surface area contributed by atoms with Crippen LogP contribution in [0, 0.1) is 6.92 Å². The van der Waals surface area contributed by atoms with Crippen LogP contribution in [0.2, 0.25) is 0 Å². The molecule has 1 heterocycles. The van der Waals surface area contributed by atoms with Crippen LogP contribution in [0.1, 0.15) is 17.0 Å². The molecule has 2 nitrogen and oxygen atoms in total. The lowest BCUT2D eigenvalue weighted by molar-refractivity contribution is 0.880. The number of fused-ring (bicyclic) bond motifs is 3. The topological polar surface area (TPSA) is 28.7 Å².